The first-order chi connectivity index (χ1) is 8.93. The first-order valence-electron chi connectivity index (χ1n) is 6.50. The van der Waals surface area contributed by atoms with Gasteiger partial charge in [0.15, 0.2) is 4.77 Å². The Balaban J connectivity index is 2.11. The average Bonchev–Trinajstić information content (AvgIpc) is 3.06. The van der Waals surface area contributed by atoms with E-state index in [0.29, 0.717) is 16.1 Å². The minimum atomic E-state index is -0.397. The Morgan fingerprint density at radius 1 is 1.47 bits per heavy atom. The lowest BCUT2D eigenvalue weighted by Gasteiger charge is -2.20. The van der Waals surface area contributed by atoms with E-state index in [1.807, 2.05) is 4.57 Å². The first kappa shape index (κ1) is 13.1. The van der Waals surface area contributed by atoms with Crippen LogP contribution >= 0.6 is 23.8 Å². The highest BCUT2D eigenvalue weighted by Gasteiger charge is 2.45. The molecule has 0 saturated heterocycles. The van der Waals surface area contributed by atoms with Crippen LogP contribution in [0.25, 0.3) is 11.0 Å². The third-order valence-corrected chi connectivity index (χ3v) is 5.02. The maximum absolute atomic E-state index is 13.7. The van der Waals surface area contributed by atoms with Crippen LogP contribution in [0.15, 0.2) is 12.1 Å². The maximum atomic E-state index is 13.7. The molecule has 0 radical (unpaired) electrons. The molecule has 3 rings (SSSR count). The Morgan fingerprint density at radius 3 is 2.74 bits per heavy atom. The third-order valence-electron chi connectivity index (χ3n) is 4.41. The number of benzene rings is 1. The Hall–Kier alpha value is -0.870. The summed E-state index contributed by atoms with van der Waals surface area (Å²) in [6, 6.07) is 3.08. The largest absolute Gasteiger partial charge is 0.331 e. The number of nitrogens with zero attached hydrogens (tertiary/aromatic N) is 1. The lowest BCUT2D eigenvalue weighted by molar-refractivity contribution is 0.311. The summed E-state index contributed by atoms with van der Waals surface area (Å²) >= 11 is 11.2. The zero-order valence-corrected chi connectivity index (χ0v) is 12.5. The van der Waals surface area contributed by atoms with Gasteiger partial charge in [-0.15, -0.1) is 0 Å². The fourth-order valence-electron chi connectivity index (χ4n) is 2.70. The normalized spacial score (nSPS) is 17.3. The molecule has 1 aromatic heterocycles. The maximum Gasteiger partial charge on any atom is 0.178 e. The molecule has 2 nitrogen and oxygen atoms in total. The number of nitrogens with one attached hydrogen (secondary N) is 1. The minimum absolute atomic E-state index is 0.126. The van der Waals surface area contributed by atoms with Crippen molar-refractivity contribution in [2.75, 3.05) is 0 Å². The van der Waals surface area contributed by atoms with Gasteiger partial charge in [-0.25, -0.2) is 4.39 Å². The Morgan fingerprint density at radius 2 is 2.16 bits per heavy atom. The monoisotopic (exact) mass is 298 g/mol. The van der Waals surface area contributed by atoms with Gasteiger partial charge >= 0.3 is 0 Å². The van der Waals surface area contributed by atoms with E-state index in [1.54, 1.807) is 6.07 Å². The second kappa shape index (κ2) is 4.32. The second-order valence-corrected chi connectivity index (χ2v) is 6.61. The number of aromatic amines is 1. The van der Waals surface area contributed by atoms with Crippen LogP contribution in [-0.4, -0.2) is 9.55 Å². The Labute approximate surface area is 121 Å². The molecule has 0 unspecified atom stereocenters. The van der Waals surface area contributed by atoms with E-state index in [4.69, 9.17) is 23.8 Å². The molecule has 1 aromatic carbocycles. The molecule has 0 bridgehead atoms. The predicted molar refractivity (Wildman–Crippen MR) is 78.6 cm³/mol. The molecule has 1 N–H and O–H groups in total. The SMILES string of the molecule is CC(C)C1(Cn2c(=S)[nH]c3cc(Cl)c(F)cc32)CC1. The lowest BCUT2D eigenvalue weighted by atomic mass is 9.92. The van der Waals surface area contributed by atoms with E-state index >= 15 is 0 Å². The van der Waals surface area contributed by atoms with Crippen molar-refractivity contribution >= 4 is 34.9 Å². The van der Waals surface area contributed by atoms with Crippen molar-refractivity contribution in [3.8, 4) is 0 Å². The van der Waals surface area contributed by atoms with E-state index in [9.17, 15) is 4.39 Å². The molecule has 1 fully saturated rings. The van der Waals surface area contributed by atoms with Gasteiger partial charge in [0.05, 0.1) is 16.1 Å². The van der Waals surface area contributed by atoms with Gasteiger partial charge in [0.25, 0.3) is 0 Å². The van der Waals surface area contributed by atoms with Crippen LogP contribution in [0, 0.1) is 21.9 Å². The van der Waals surface area contributed by atoms with Gasteiger partial charge in [-0.1, -0.05) is 25.4 Å². The molecule has 1 aliphatic carbocycles. The molecule has 1 saturated carbocycles. The van der Waals surface area contributed by atoms with Crippen molar-refractivity contribution < 1.29 is 4.39 Å². The third kappa shape index (κ3) is 2.11. The van der Waals surface area contributed by atoms with Gasteiger partial charge in [-0.2, -0.15) is 0 Å². The number of hydrogen-bond acceptors (Lipinski definition) is 1. The number of halogens is 2. The van der Waals surface area contributed by atoms with E-state index in [1.165, 1.54) is 18.9 Å². The van der Waals surface area contributed by atoms with E-state index in [-0.39, 0.29) is 5.02 Å². The van der Waals surface area contributed by atoms with Crippen LogP contribution in [0.4, 0.5) is 4.39 Å². The summed E-state index contributed by atoms with van der Waals surface area (Å²) in [5.74, 6) is 0.211. The van der Waals surface area contributed by atoms with Crippen LogP contribution in [-0.2, 0) is 6.54 Å². The van der Waals surface area contributed by atoms with E-state index < -0.39 is 5.82 Å². The summed E-state index contributed by atoms with van der Waals surface area (Å²) in [5.41, 5.74) is 1.93. The Bertz CT molecular complexity index is 697. The fourth-order valence-corrected chi connectivity index (χ4v) is 3.14. The summed E-state index contributed by atoms with van der Waals surface area (Å²) in [5, 5.41) is 0.126. The topological polar surface area (TPSA) is 20.7 Å². The van der Waals surface area contributed by atoms with Crippen LogP contribution in [0.5, 0.6) is 0 Å². The number of fused-ring (bicyclic) bond motifs is 1. The highest BCUT2D eigenvalue weighted by Crippen LogP contribution is 2.53. The zero-order valence-electron chi connectivity index (χ0n) is 11.0. The second-order valence-electron chi connectivity index (χ2n) is 5.82. The van der Waals surface area contributed by atoms with Crippen LogP contribution in [0.2, 0.25) is 5.02 Å². The number of H-pyrrole nitrogens is 1. The molecular formula is C14H16ClFN2S. The van der Waals surface area contributed by atoms with Crippen molar-refractivity contribution in [1.82, 2.24) is 9.55 Å². The summed E-state index contributed by atoms with van der Waals surface area (Å²) < 4.78 is 16.3. The molecule has 102 valence electrons. The minimum Gasteiger partial charge on any atom is -0.331 e. The molecule has 0 amide bonds. The predicted octanol–water partition coefficient (Wildman–Crippen LogP) is 4.93. The Kier molecular flexibility index (Phi) is 2.98. The quantitative estimate of drug-likeness (QED) is 0.797. The molecule has 0 spiro atoms. The molecule has 1 heterocycles. The fraction of sp³-hybridized carbons (Fsp3) is 0.500. The standard InChI is InChI=1S/C14H16ClFN2S/c1-8(2)14(3-4-14)7-18-12-6-10(16)9(15)5-11(12)17-13(18)19/h5-6,8H,3-4,7H2,1-2H3,(H,17,19). The van der Waals surface area contributed by atoms with Crippen LogP contribution in [0.3, 0.4) is 0 Å². The van der Waals surface area contributed by atoms with Gasteiger partial charge < -0.3 is 9.55 Å². The number of imidazole rings is 1. The molecule has 5 heteroatoms. The van der Waals surface area contributed by atoms with E-state index in [2.05, 4.69) is 18.8 Å². The number of aromatic nitrogens is 2. The van der Waals surface area contributed by atoms with Crippen molar-refractivity contribution in [1.29, 1.82) is 0 Å². The molecule has 19 heavy (non-hydrogen) atoms. The van der Waals surface area contributed by atoms with Gasteiger partial charge in [0, 0.05) is 12.6 Å². The lowest BCUT2D eigenvalue weighted by Crippen LogP contribution is -2.17. The summed E-state index contributed by atoms with van der Waals surface area (Å²) in [4.78, 5) is 3.11. The molecular weight excluding hydrogens is 283 g/mol. The van der Waals surface area contributed by atoms with Crippen LogP contribution in [0.1, 0.15) is 26.7 Å². The smallest absolute Gasteiger partial charge is 0.178 e. The van der Waals surface area contributed by atoms with Crippen molar-refractivity contribution in [3.05, 3.63) is 27.7 Å². The average molecular weight is 299 g/mol. The highest BCUT2D eigenvalue weighted by atomic mass is 35.5. The molecule has 1 aliphatic rings. The van der Waals surface area contributed by atoms with Gasteiger partial charge in [0.2, 0.25) is 0 Å². The number of hydrogen-bond donors (Lipinski definition) is 1. The molecule has 0 aliphatic heterocycles. The van der Waals surface area contributed by atoms with Crippen molar-refractivity contribution in [3.63, 3.8) is 0 Å². The zero-order chi connectivity index (χ0) is 13.8. The highest BCUT2D eigenvalue weighted by molar-refractivity contribution is 7.71. The summed E-state index contributed by atoms with van der Waals surface area (Å²) in [6.45, 7) is 5.33. The van der Waals surface area contributed by atoms with Gasteiger partial charge in [-0.3, -0.25) is 0 Å². The summed E-state index contributed by atoms with van der Waals surface area (Å²) in [7, 11) is 0. The molecule has 0 atom stereocenters. The van der Waals surface area contributed by atoms with E-state index in [0.717, 1.165) is 17.6 Å². The van der Waals surface area contributed by atoms with Gasteiger partial charge in [-0.05, 0) is 42.5 Å². The van der Waals surface area contributed by atoms with Crippen molar-refractivity contribution in [2.45, 2.75) is 33.2 Å². The molecule has 2 aromatic rings. The summed E-state index contributed by atoms with van der Waals surface area (Å²) in [6.07, 6.45) is 2.43. The van der Waals surface area contributed by atoms with Crippen molar-refractivity contribution in [2.24, 2.45) is 11.3 Å². The first-order valence-corrected chi connectivity index (χ1v) is 7.29. The van der Waals surface area contributed by atoms with Gasteiger partial charge in [0.1, 0.15) is 5.82 Å². The van der Waals surface area contributed by atoms with Crippen LogP contribution < -0.4 is 0 Å². The number of rotatable bonds is 3.